The fraction of sp³-hybridized carbons (Fsp3) is 0.647. The lowest BCUT2D eigenvalue weighted by Crippen LogP contribution is -2.35. The molecule has 0 amide bonds. The number of aryl methyl sites for hydroxylation is 1. The van der Waals surface area contributed by atoms with E-state index in [-0.39, 0.29) is 5.41 Å². The highest BCUT2D eigenvalue weighted by molar-refractivity contribution is 6.21. The van der Waals surface area contributed by atoms with Crippen LogP contribution in [0, 0.1) is 11.3 Å². The maximum Gasteiger partial charge on any atom is 0.0297 e. The molecule has 2 rings (SSSR count). The Kier molecular flexibility index (Phi) is 5.59. The fourth-order valence-corrected chi connectivity index (χ4v) is 4.24. The lowest BCUT2D eigenvalue weighted by Gasteiger charge is -2.36. The van der Waals surface area contributed by atoms with Crippen LogP contribution in [-0.2, 0) is 12.8 Å². The van der Waals surface area contributed by atoms with Crippen molar-refractivity contribution in [2.75, 3.05) is 11.8 Å². The van der Waals surface area contributed by atoms with E-state index in [0.29, 0.717) is 17.7 Å². The molecular weight excluding hydrogens is 275 g/mol. The smallest absolute Gasteiger partial charge is 0.0297 e. The van der Waals surface area contributed by atoms with Crippen molar-refractivity contribution < 1.29 is 0 Å². The summed E-state index contributed by atoms with van der Waals surface area (Å²) in [6.07, 6.45) is 7.40. The zero-order valence-corrected chi connectivity index (χ0v) is 13.3. The molecule has 0 radical (unpaired) electrons. The molecular formula is C17H24Cl2. The minimum absolute atomic E-state index is 0.0906. The number of hydrogen-bond donors (Lipinski definition) is 0. The van der Waals surface area contributed by atoms with Crippen molar-refractivity contribution in [3.63, 3.8) is 0 Å². The van der Waals surface area contributed by atoms with E-state index in [9.17, 15) is 0 Å². The molecule has 1 aromatic rings. The summed E-state index contributed by atoms with van der Waals surface area (Å²) in [6.45, 7) is 2.19. The first kappa shape index (κ1) is 15.2. The summed E-state index contributed by atoms with van der Waals surface area (Å²) in [5.41, 5.74) is 2.87. The van der Waals surface area contributed by atoms with Crippen molar-refractivity contribution in [2.24, 2.45) is 11.3 Å². The first-order valence-electron chi connectivity index (χ1n) is 7.44. The van der Waals surface area contributed by atoms with Gasteiger partial charge in [-0.05, 0) is 42.7 Å². The van der Waals surface area contributed by atoms with E-state index in [1.807, 2.05) is 0 Å². The zero-order chi connectivity index (χ0) is 13.7. The Bertz CT molecular complexity index is 373. The molecule has 106 valence electrons. The van der Waals surface area contributed by atoms with E-state index in [4.69, 9.17) is 23.2 Å². The molecule has 1 aliphatic carbocycles. The Morgan fingerprint density at radius 1 is 1.00 bits per heavy atom. The van der Waals surface area contributed by atoms with Crippen LogP contribution in [0.25, 0.3) is 0 Å². The van der Waals surface area contributed by atoms with Crippen LogP contribution < -0.4 is 0 Å². The van der Waals surface area contributed by atoms with Gasteiger partial charge in [0.05, 0.1) is 0 Å². The monoisotopic (exact) mass is 298 g/mol. The summed E-state index contributed by atoms with van der Waals surface area (Å²) in [7, 11) is 0. The molecule has 0 N–H and O–H groups in total. The molecule has 1 fully saturated rings. The molecule has 0 nitrogen and oxygen atoms in total. The number of benzene rings is 1. The molecule has 0 aromatic heterocycles. The summed E-state index contributed by atoms with van der Waals surface area (Å²) in [6, 6.07) is 8.97. The highest BCUT2D eigenvalue weighted by Crippen LogP contribution is 2.44. The molecule has 1 aromatic carbocycles. The van der Waals surface area contributed by atoms with Crippen molar-refractivity contribution in [1.29, 1.82) is 0 Å². The molecule has 19 heavy (non-hydrogen) atoms. The van der Waals surface area contributed by atoms with Gasteiger partial charge in [-0.25, -0.2) is 0 Å². The van der Waals surface area contributed by atoms with Gasteiger partial charge in [-0.1, -0.05) is 44.0 Å². The van der Waals surface area contributed by atoms with Gasteiger partial charge >= 0.3 is 0 Å². The molecule has 0 spiro atoms. The summed E-state index contributed by atoms with van der Waals surface area (Å²) < 4.78 is 0. The second-order valence-corrected chi connectivity index (χ2v) is 6.49. The van der Waals surface area contributed by atoms with E-state index in [2.05, 4.69) is 31.2 Å². The summed E-state index contributed by atoms with van der Waals surface area (Å²) >= 11 is 12.7. The molecule has 1 aliphatic rings. The number of hydrogen-bond acceptors (Lipinski definition) is 0. The predicted octanol–water partition coefficient (Wildman–Crippen LogP) is 5.45. The highest BCUT2D eigenvalue weighted by atomic mass is 35.5. The van der Waals surface area contributed by atoms with Gasteiger partial charge in [0, 0.05) is 17.2 Å². The fourth-order valence-electron chi connectivity index (χ4n) is 3.33. The van der Waals surface area contributed by atoms with E-state index in [1.54, 1.807) is 0 Å². The topological polar surface area (TPSA) is 0 Å². The standard InChI is InChI=1S/C17H24Cl2/c1-2-14-7-9-15(10-8-14)11-17(12-18,13-19)16-5-3-4-6-16/h7-10,16H,2-6,11-13H2,1H3. The summed E-state index contributed by atoms with van der Waals surface area (Å²) in [4.78, 5) is 0. The van der Waals surface area contributed by atoms with Gasteiger partial charge in [-0.15, -0.1) is 23.2 Å². The Labute approximate surface area is 127 Å². The molecule has 0 saturated heterocycles. The SMILES string of the molecule is CCc1ccc(CC(CCl)(CCl)C2CCCC2)cc1. The minimum atomic E-state index is 0.0906. The minimum Gasteiger partial charge on any atom is -0.126 e. The van der Waals surface area contributed by atoms with E-state index < -0.39 is 0 Å². The maximum absolute atomic E-state index is 6.33. The maximum atomic E-state index is 6.33. The molecule has 0 heterocycles. The van der Waals surface area contributed by atoms with Crippen LogP contribution in [0.5, 0.6) is 0 Å². The lowest BCUT2D eigenvalue weighted by molar-refractivity contribution is 0.225. The average molecular weight is 299 g/mol. The van der Waals surface area contributed by atoms with Crippen molar-refractivity contribution in [3.05, 3.63) is 35.4 Å². The van der Waals surface area contributed by atoms with Crippen LogP contribution in [0.4, 0.5) is 0 Å². The molecule has 0 atom stereocenters. The summed E-state index contributed by atoms with van der Waals surface area (Å²) in [5, 5.41) is 0. The molecule has 1 saturated carbocycles. The van der Waals surface area contributed by atoms with Gasteiger partial charge in [0.25, 0.3) is 0 Å². The normalized spacial score (nSPS) is 17.0. The zero-order valence-electron chi connectivity index (χ0n) is 11.8. The third-order valence-electron chi connectivity index (χ3n) is 4.74. The molecule has 0 bridgehead atoms. The van der Waals surface area contributed by atoms with Crippen molar-refractivity contribution in [1.82, 2.24) is 0 Å². The Morgan fingerprint density at radius 2 is 1.53 bits per heavy atom. The van der Waals surface area contributed by atoms with Crippen molar-refractivity contribution >= 4 is 23.2 Å². The van der Waals surface area contributed by atoms with Crippen LogP contribution in [0.15, 0.2) is 24.3 Å². The van der Waals surface area contributed by atoms with Crippen LogP contribution in [0.3, 0.4) is 0 Å². The van der Waals surface area contributed by atoms with E-state index in [1.165, 1.54) is 36.8 Å². The Morgan fingerprint density at radius 3 is 2.00 bits per heavy atom. The third kappa shape index (κ3) is 3.47. The first-order chi connectivity index (χ1) is 9.24. The second-order valence-electron chi connectivity index (χ2n) is 5.96. The van der Waals surface area contributed by atoms with Crippen LogP contribution >= 0.6 is 23.2 Å². The number of rotatable bonds is 6. The first-order valence-corrected chi connectivity index (χ1v) is 8.50. The molecule has 0 unspecified atom stereocenters. The van der Waals surface area contributed by atoms with Crippen LogP contribution in [0.2, 0.25) is 0 Å². The van der Waals surface area contributed by atoms with Gasteiger partial charge in [0.2, 0.25) is 0 Å². The highest BCUT2D eigenvalue weighted by Gasteiger charge is 2.38. The van der Waals surface area contributed by atoms with Crippen LogP contribution in [-0.4, -0.2) is 11.8 Å². The number of halogens is 2. The summed E-state index contributed by atoms with van der Waals surface area (Å²) in [5.74, 6) is 2.06. The largest absolute Gasteiger partial charge is 0.126 e. The van der Waals surface area contributed by atoms with Gasteiger partial charge in [0.15, 0.2) is 0 Å². The second kappa shape index (κ2) is 6.99. The molecule has 0 aliphatic heterocycles. The van der Waals surface area contributed by atoms with Crippen molar-refractivity contribution in [2.45, 2.75) is 45.4 Å². The third-order valence-corrected chi connectivity index (χ3v) is 5.81. The Hall–Kier alpha value is -0.200. The van der Waals surface area contributed by atoms with Gasteiger partial charge in [-0.3, -0.25) is 0 Å². The van der Waals surface area contributed by atoms with Gasteiger partial charge in [0.1, 0.15) is 0 Å². The number of alkyl halides is 2. The molecule has 2 heteroatoms. The Balaban J connectivity index is 2.14. The van der Waals surface area contributed by atoms with Crippen LogP contribution in [0.1, 0.15) is 43.7 Å². The van der Waals surface area contributed by atoms with Crippen molar-refractivity contribution in [3.8, 4) is 0 Å². The van der Waals surface area contributed by atoms with E-state index >= 15 is 0 Å². The average Bonchev–Trinajstić information content (AvgIpc) is 3.00. The van der Waals surface area contributed by atoms with Gasteiger partial charge < -0.3 is 0 Å². The van der Waals surface area contributed by atoms with Gasteiger partial charge in [-0.2, -0.15) is 0 Å². The quantitative estimate of drug-likeness (QED) is 0.613. The van der Waals surface area contributed by atoms with E-state index in [0.717, 1.165) is 12.8 Å². The lowest BCUT2D eigenvalue weighted by atomic mass is 9.73. The predicted molar refractivity (Wildman–Crippen MR) is 85.4 cm³/mol.